The molecule has 0 aliphatic carbocycles. The van der Waals surface area contributed by atoms with Gasteiger partial charge in [0.25, 0.3) is 11.0 Å². The smallest absolute Gasteiger partial charge is 0.428 e. The number of aryl methyl sites for hydroxylation is 1. The average Bonchev–Trinajstić information content (AvgIpc) is 2.70. The number of hydrogen-bond donors (Lipinski definition) is 1. The third kappa shape index (κ3) is 2.70. The first kappa shape index (κ1) is 12.6. The number of rotatable bonds is 2. The van der Waals surface area contributed by atoms with Crippen LogP contribution in [0.1, 0.15) is 11.4 Å². The summed E-state index contributed by atoms with van der Waals surface area (Å²) in [5.74, 6) is -0.960. The maximum atomic E-state index is 12.3. The maximum absolute atomic E-state index is 12.3. The highest BCUT2D eigenvalue weighted by molar-refractivity contribution is 7.07. The van der Waals surface area contributed by atoms with Crippen LogP contribution in [0.4, 0.5) is 18.9 Å². The molecule has 0 fully saturated rings. The summed E-state index contributed by atoms with van der Waals surface area (Å²) < 4.78 is 45.2. The SMILES string of the molecule is Cc1ccc(Oc2nc(C(F)(F)F)ns2)c(N)c1. The van der Waals surface area contributed by atoms with Crippen molar-refractivity contribution in [2.24, 2.45) is 0 Å². The molecule has 0 atom stereocenters. The molecule has 0 saturated heterocycles. The summed E-state index contributed by atoms with van der Waals surface area (Å²) in [6.45, 7) is 1.84. The van der Waals surface area contributed by atoms with E-state index >= 15 is 0 Å². The fourth-order valence-electron chi connectivity index (χ4n) is 1.22. The Morgan fingerprint density at radius 1 is 1.33 bits per heavy atom. The quantitative estimate of drug-likeness (QED) is 0.855. The molecule has 1 heterocycles. The molecular weight excluding hydrogens is 267 g/mol. The molecule has 0 aliphatic heterocycles. The Morgan fingerprint density at radius 3 is 2.61 bits per heavy atom. The molecule has 0 radical (unpaired) electrons. The van der Waals surface area contributed by atoms with E-state index in [9.17, 15) is 13.2 Å². The van der Waals surface area contributed by atoms with Gasteiger partial charge in [-0.1, -0.05) is 6.07 Å². The van der Waals surface area contributed by atoms with Gasteiger partial charge in [-0.25, -0.2) is 0 Å². The highest BCUT2D eigenvalue weighted by Gasteiger charge is 2.36. The molecular formula is C10H8F3N3OS. The fraction of sp³-hybridized carbons (Fsp3) is 0.200. The predicted molar refractivity (Wildman–Crippen MR) is 60.6 cm³/mol. The number of aromatic nitrogens is 2. The van der Waals surface area contributed by atoms with Crippen LogP contribution in [0.25, 0.3) is 0 Å². The number of hydrogen-bond acceptors (Lipinski definition) is 5. The highest BCUT2D eigenvalue weighted by Crippen LogP contribution is 2.33. The van der Waals surface area contributed by atoms with Gasteiger partial charge < -0.3 is 10.5 Å². The van der Waals surface area contributed by atoms with Crippen LogP contribution < -0.4 is 10.5 Å². The second-order valence-corrected chi connectivity index (χ2v) is 4.24. The minimum Gasteiger partial charge on any atom is -0.428 e. The van der Waals surface area contributed by atoms with Gasteiger partial charge in [-0.3, -0.25) is 0 Å². The van der Waals surface area contributed by atoms with E-state index in [-0.39, 0.29) is 10.9 Å². The number of nitrogens with two attached hydrogens (primary N) is 1. The number of ether oxygens (including phenoxy) is 1. The molecule has 2 aromatic rings. The summed E-state index contributed by atoms with van der Waals surface area (Å²) >= 11 is 0.525. The lowest BCUT2D eigenvalue weighted by atomic mass is 10.2. The third-order valence-electron chi connectivity index (χ3n) is 2.02. The van der Waals surface area contributed by atoms with Gasteiger partial charge >= 0.3 is 6.18 Å². The molecule has 0 saturated carbocycles. The van der Waals surface area contributed by atoms with Crippen LogP contribution in [0.15, 0.2) is 18.2 Å². The molecule has 0 amide bonds. The normalized spacial score (nSPS) is 11.6. The molecule has 0 spiro atoms. The van der Waals surface area contributed by atoms with E-state index in [1.54, 1.807) is 18.2 Å². The second kappa shape index (κ2) is 4.45. The second-order valence-electron chi connectivity index (χ2n) is 3.52. The Morgan fingerprint density at radius 2 is 2.06 bits per heavy atom. The molecule has 0 unspecified atom stereocenters. The van der Waals surface area contributed by atoms with Gasteiger partial charge in [0, 0.05) is 11.5 Å². The first-order chi connectivity index (χ1) is 8.36. The van der Waals surface area contributed by atoms with Gasteiger partial charge in [-0.15, -0.1) is 0 Å². The van der Waals surface area contributed by atoms with E-state index in [1.807, 2.05) is 6.92 Å². The summed E-state index contributed by atoms with van der Waals surface area (Å²) in [4.78, 5) is 3.24. The van der Waals surface area contributed by atoms with Crippen molar-refractivity contribution in [3.05, 3.63) is 29.6 Å². The van der Waals surface area contributed by atoms with E-state index in [2.05, 4.69) is 9.36 Å². The lowest BCUT2D eigenvalue weighted by Gasteiger charge is -2.05. The van der Waals surface area contributed by atoms with E-state index in [1.165, 1.54) is 0 Å². The lowest BCUT2D eigenvalue weighted by Crippen LogP contribution is -2.06. The van der Waals surface area contributed by atoms with Gasteiger partial charge in [0.05, 0.1) is 5.69 Å². The van der Waals surface area contributed by atoms with Crippen molar-refractivity contribution in [3.63, 3.8) is 0 Å². The minimum atomic E-state index is -4.57. The minimum absolute atomic E-state index is 0.196. The van der Waals surface area contributed by atoms with Crippen molar-refractivity contribution in [2.75, 3.05) is 5.73 Å². The number of nitrogen functional groups attached to an aromatic ring is 1. The Bertz CT molecular complexity index is 568. The van der Waals surface area contributed by atoms with Crippen molar-refractivity contribution in [3.8, 4) is 10.9 Å². The number of benzene rings is 1. The molecule has 96 valence electrons. The number of nitrogens with zero attached hydrogens (tertiary/aromatic N) is 2. The van der Waals surface area contributed by atoms with Crippen LogP contribution in [0, 0.1) is 6.92 Å². The van der Waals surface area contributed by atoms with E-state index < -0.39 is 12.0 Å². The summed E-state index contributed by atoms with van der Waals surface area (Å²) in [5, 5.41) is -0.196. The third-order valence-corrected chi connectivity index (χ3v) is 2.62. The molecule has 0 aliphatic rings. The Kier molecular flexibility index (Phi) is 3.12. The summed E-state index contributed by atoms with van der Waals surface area (Å²) in [6, 6.07) is 4.96. The Labute approximate surface area is 104 Å². The largest absolute Gasteiger partial charge is 0.452 e. The highest BCUT2D eigenvalue weighted by atomic mass is 32.1. The van der Waals surface area contributed by atoms with Crippen LogP contribution >= 0.6 is 11.5 Å². The van der Waals surface area contributed by atoms with Crippen LogP contribution in [-0.4, -0.2) is 9.36 Å². The molecule has 1 aromatic carbocycles. The summed E-state index contributed by atoms with van der Waals surface area (Å²) in [5.41, 5.74) is 6.93. The van der Waals surface area contributed by atoms with Gasteiger partial charge in [0.15, 0.2) is 5.75 Å². The van der Waals surface area contributed by atoms with E-state index in [4.69, 9.17) is 10.5 Å². The van der Waals surface area contributed by atoms with Gasteiger partial charge in [-0.05, 0) is 24.6 Å². The predicted octanol–water partition coefficient (Wildman–Crippen LogP) is 3.24. The van der Waals surface area contributed by atoms with E-state index in [0.717, 1.165) is 5.56 Å². The Balaban J connectivity index is 2.21. The zero-order valence-electron chi connectivity index (χ0n) is 9.15. The van der Waals surface area contributed by atoms with Crippen LogP contribution in [-0.2, 0) is 6.18 Å². The first-order valence-corrected chi connectivity index (χ1v) is 5.58. The zero-order chi connectivity index (χ0) is 13.3. The van der Waals surface area contributed by atoms with E-state index in [0.29, 0.717) is 17.2 Å². The average molecular weight is 275 g/mol. The summed E-state index contributed by atoms with van der Waals surface area (Å²) in [7, 11) is 0. The topological polar surface area (TPSA) is 61.0 Å². The first-order valence-electron chi connectivity index (χ1n) is 4.81. The molecule has 18 heavy (non-hydrogen) atoms. The summed E-state index contributed by atoms with van der Waals surface area (Å²) in [6.07, 6.45) is -4.57. The van der Waals surface area contributed by atoms with Crippen LogP contribution in [0.5, 0.6) is 10.9 Å². The number of anilines is 1. The Hall–Kier alpha value is -1.83. The van der Waals surface area contributed by atoms with Crippen molar-refractivity contribution >= 4 is 17.2 Å². The molecule has 0 bridgehead atoms. The number of alkyl halides is 3. The fourth-order valence-corrected chi connectivity index (χ4v) is 1.78. The maximum Gasteiger partial charge on any atom is 0.452 e. The van der Waals surface area contributed by atoms with Crippen molar-refractivity contribution in [1.82, 2.24) is 9.36 Å². The molecule has 2 N–H and O–H groups in total. The lowest BCUT2D eigenvalue weighted by molar-refractivity contribution is -0.144. The molecule has 1 aromatic heterocycles. The molecule has 8 heteroatoms. The van der Waals surface area contributed by atoms with Crippen molar-refractivity contribution in [1.29, 1.82) is 0 Å². The van der Waals surface area contributed by atoms with Crippen LogP contribution in [0.3, 0.4) is 0 Å². The van der Waals surface area contributed by atoms with Gasteiger partial charge in [0.1, 0.15) is 0 Å². The van der Waals surface area contributed by atoms with Crippen molar-refractivity contribution in [2.45, 2.75) is 13.1 Å². The van der Waals surface area contributed by atoms with Gasteiger partial charge in [-0.2, -0.15) is 22.5 Å². The number of halogens is 3. The zero-order valence-corrected chi connectivity index (χ0v) is 9.97. The molecule has 4 nitrogen and oxygen atoms in total. The monoisotopic (exact) mass is 275 g/mol. The standard InChI is InChI=1S/C10H8F3N3OS/c1-5-2-3-7(6(14)4-5)17-9-15-8(16-18-9)10(11,12)13/h2-4H,14H2,1H3. The van der Waals surface area contributed by atoms with Gasteiger partial charge in [0.2, 0.25) is 0 Å². The molecule has 2 rings (SSSR count). The van der Waals surface area contributed by atoms with Crippen molar-refractivity contribution < 1.29 is 17.9 Å². The van der Waals surface area contributed by atoms with Crippen LogP contribution in [0.2, 0.25) is 0 Å².